The van der Waals surface area contributed by atoms with Gasteiger partial charge in [-0.25, -0.2) is 4.98 Å². The lowest BCUT2D eigenvalue weighted by molar-refractivity contribution is 0.122. The maximum Gasteiger partial charge on any atom is 0.229 e. The first-order chi connectivity index (χ1) is 11.6. The molecule has 1 aliphatic heterocycles. The van der Waals surface area contributed by atoms with Crippen molar-refractivity contribution < 1.29 is 14.9 Å². The summed E-state index contributed by atoms with van der Waals surface area (Å²) >= 11 is 0. The molecule has 1 aromatic heterocycles. The minimum atomic E-state index is -0.162. The minimum Gasteiger partial charge on any atom is -0.508 e. The van der Waals surface area contributed by atoms with Crippen LogP contribution in [0.15, 0.2) is 23.3 Å². The van der Waals surface area contributed by atoms with E-state index in [2.05, 4.69) is 20.1 Å². The van der Waals surface area contributed by atoms with Gasteiger partial charge in [0, 0.05) is 24.7 Å². The summed E-state index contributed by atoms with van der Waals surface area (Å²) in [5.41, 5.74) is 0.543. The summed E-state index contributed by atoms with van der Waals surface area (Å²) in [5, 5.41) is 23.2. The molecular weight excluding hydrogens is 312 g/mol. The van der Waals surface area contributed by atoms with Crippen molar-refractivity contribution in [2.75, 3.05) is 31.2 Å². The molecule has 1 saturated heterocycles. The van der Waals surface area contributed by atoms with Gasteiger partial charge in [0.25, 0.3) is 0 Å². The number of morpholine rings is 1. The van der Waals surface area contributed by atoms with Crippen LogP contribution in [0.25, 0.3) is 0 Å². The van der Waals surface area contributed by atoms with E-state index < -0.39 is 0 Å². The first-order valence-electron chi connectivity index (χ1n) is 7.44. The fraction of sp³-hybridized carbons (Fsp3) is 0.333. The van der Waals surface area contributed by atoms with Gasteiger partial charge >= 0.3 is 0 Å². The smallest absolute Gasteiger partial charge is 0.229 e. The summed E-state index contributed by atoms with van der Waals surface area (Å²) in [5.74, 6) is 6.56. The van der Waals surface area contributed by atoms with Crippen LogP contribution in [0.3, 0.4) is 0 Å². The number of aromatic nitrogens is 3. The Bertz CT molecular complexity index is 774. The van der Waals surface area contributed by atoms with Crippen LogP contribution in [0.5, 0.6) is 11.5 Å². The molecular formula is C15H18N6O3. The van der Waals surface area contributed by atoms with Gasteiger partial charge in [-0.15, -0.1) is 0 Å². The summed E-state index contributed by atoms with van der Waals surface area (Å²) in [4.78, 5) is 15.1. The normalized spacial score (nSPS) is 15.5. The molecule has 1 aromatic carbocycles. The molecule has 126 valence electrons. The van der Waals surface area contributed by atoms with E-state index in [9.17, 15) is 10.2 Å². The number of aromatic hydroxyl groups is 2. The van der Waals surface area contributed by atoms with Crippen LogP contribution >= 0.6 is 0 Å². The van der Waals surface area contributed by atoms with Crippen LogP contribution in [-0.4, -0.2) is 57.2 Å². The number of benzene rings is 1. The molecule has 4 N–H and O–H groups in total. The molecule has 0 bridgehead atoms. The molecule has 0 spiro atoms. The van der Waals surface area contributed by atoms with Crippen molar-refractivity contribution in [3.05, 3.63) is 35.4 Å². The predicted molar refractivity (Wildman–Crippen MR) is 87.2 cm³/mol. The van der Waals surface area contributed by atoms with E-state index in [1.807, 2.05) is 4.90 Å². The Kier molecular flexibility index (Phi) is 4.43. The molecule has 0 radical (unpaired) electrons. The number of nitrogens with two attached hydrogens (primary N) is 1. The molecule has 0 aliphatic carbocycles. The van der Waals surface area contributed by atoms with Crippen molar-refractivity contribution >= 4 is 11.7 Å². The van der Waals surface area contributed by atoms with Gasteiger partial charge < -0.3 is 25.7 Å². The van der Waals surface area contributed by atoms with E-state index in [-0.39, 0.29) is 23.0 Å². The number of hydrazone groups is 1. The number of aryl methyl sites for hydroxylation is 1. The van der Waals surface area contributed by atoms with Crippen molar-refractivity contribution in [3.8, 4) is 11.5 Å². The largest absolute Gasteiger partial charge is 0.508 e. The average Bonchev–Trinajstić information content (AvgIpc) is 2.58. The van der Waals surface area contributed by atoms with E-state index in [1.54, 1.807) is 6.92 Å². The van der Waals surface area contributed by atoms with Crippen molar-refractivity contribution in [1.29, 1.82) is 0 Å². The predicted octanol–water partition coefficient (Wildman–Crippen LogP) is 0.139. The highest BCUT2D eigenvalue weighted by atomic mass is 16.5. The number of ether oxygens (including phenoxy) is 1. The van der Waals surface area contributed by atoms with Gasteiger partial charge in [-0.2, -0.15) is 15.1 Å². The van der Waals surface area contributed by atoms with Gasteiger partial charge in [-0.3, -0.25) is 0 Å². The Morgan fingerprint density at radius 1 is 1.21 bits per heavy atom. The zero-order valence-electron chi connectivity index (χ0n) is 13.2. The van der Waals surface area contributed by atoms with E-state index in [0.717, 1.165) is 0 Å². The molecule has 0 atom stereocenters. The molecule has 2 heterocycles. The third-order valence-electron chi connectivity index (χ3n) is 3.61. The molecule has 9 heteroatoms. The Morgan fingerprint density at radius 3 is 2.62 bits per heavy atom. The van der Waals surface area contributed by atoms with E-state index in [4.69, 9.17) is 10.6 Å². The monoisotopic (exact) mass is 330 g/mol. The van der Waals surface area contributed by atoms with Crippen LogP contribution < -0.4 is 10.7 Å². The van der Waals surface area contributed by atoms with Gasteiger partial charge in [0.2, 0.25) is 5.95 Å². The number of hydrogen-bond acceptors (Lipinski definition) is 9. The van der Waals surface area contributed by atoms with Gasteiger partial charge in [0.05, 0.1) is 13.2 Å². The van der Waals surface area contributed by atoms with Gasteiger partial charge in [-0.05, 0) is 19.1 Å². The standard InChI is InChI=1S/C15H18N6O3/c1-9-17-14(19-15(18-9)21-4-6-24-7-5-21)13(20-16)11-3-2-10(22)8-12(11)23/h2-3,8,22-23H,4-7,16H2,1H3/b20-13+. The number of phenolic OH excluding ortho intramolecular Hbond substituents is 2. The lowest BCUT2D eigenvalue weighted by atomic mass is 10.1. The van der Waals surface area contributed by atoms with Gasteiger partial charge in [-0.1, -0.05) is 0 Å². The van der Waals surface area contributed by atoms with Gasteiger partial charge in [0.1, 0.15) is 23.0 Å². The zero-order chi connectivity index (χ0) is 17.1. The second kappa shape index (κ2) is 6.67. The Balaban J connectivity index is 2.01. The van der Waals surface area contributed by atoms with Crippen molar-refractivity contribution in [3.63, 3.8) is 0 Å². The summed E-state index contributed by atoms with van der Waals surface area (Å²) in [6, 6.07) is 4.14. The topological polar surface area (TPSA) is 130 Å². The van der Waals surface area contributed by atoms with Crippen LogP contribution in [0.2, 0.25) is 0 Å². The first kappa shape index (κ1) is 15.9. The molecule has 24 heavy (non-hydrogen) atoms. The lowest BCUT2D eigenvalue weighted by Crippen LogP contribution is -2.38. The van der Waals surface area contributed by atoms with Crippen LogP contribution in [-0.2, 0) is 4.74 Å². The second-order valence-corrected chi connectivity index (χ2v) is 5.28. The highest BCUT2D eigenvalue weighted by Crippen LogP contribution is 2.25. The fourth-order valence-electron chi connectivity index (χ4n) is 2.45. The third kappa shape index (κ3) is 3.20. The lowest BCUT2D eigenvalue weighted by Gasteiger charge is -2.27. The van der Waals surface area contributed by atoms with E-state index >= 15 is 0 Å². The number of nitrogens with zero attached hydrogens (tertiary/aromatic N) is 5. The van der Waals surface area contributed by atoms with Crippen LogP contribution in [0.1, 0.15) is 17.2 Å². The molecule has 1 aliphatic rings. The second-order valence-electron chi connectivity index (χ2n) is 5.28. The molecule has 3 rings (SSSR count). The number of anilines is 1. The van der Waals surface area contributed by atoms with Crippen LogP contribution in [0.4, 0.5) is 5.95 Å². The number of hydrogen-bond donors (Lipinski definition) is 3. The highest BCUT2D eigenvalue weighted by molar-refractivity contribution is 6.12. The molecule has 9 nitrogen and oxygen atoms in total. The Hall–Kier alpha value is -2.94. The SMILES string of the molecule is Cc1nc(/C(=N/N)c2ccc(O)cc2O)nc(N2CCOCC2)n1. The first-order valence-corrected chi connectivity index (χ1v) is 7.44. The summed E-state index contributed by atoms with van der Waals surface area (Å²) in [7, 11) is 0. The van der Waals surface area contributed by atoms with Crippen molar-refractivity contribution in [2.45, 2.75) is 6.92 Å². The number of phenols is 2. The molecule has 0 amide bonds. The third-order valence-corrected chi connectivity index (χ3v) is 3.61. The maximum atomic E-state index is 10.0. The molecule has 1 fully saturated rings. The zero-order valence-corrected chi connectivity index (χ0v) is 13.2. The molecule has 0 saturated carbocycles. The van der Waals surface area contributed by atoms with E-state index in [1.165, 1.54) is 18.2 Å². The summed E-state index contributed by atoms with van der Waals surface area (Å²) in [6.45, 7) is 4.33. The summed E-state index contributed by atoms with van der Waals surface area (Å²) in [6.07, 6.45) is 0. The highest BCUT2D eigenvalue weighted by Gasteiger charge is 2.20. The quantitative estimate of drug-likeness (QED) is 0.411. The molecule has 0 unspecified atom stereocenters. The van der Waals surface area contributed by atoms with Crippen LogP contribution in [0, 0.1) is 6.92 Å². The fourth-order valence-corrected chi connectivity index (χ4v) is 2.45. The number of rotatable bonds is 3. The van der Waals surface area contributed by atoms with Crippen molar-refractivity contribution in [2.24, 2.45) is 10.9 Å². The Labute approximate surface area is 138 Å². The maximum absolute atomic E-state index is 10.0. The Morgan fingerprint density at radius 2 is 1.96 bits per heavy atom. The summed E-state index contributed by atoms with van der Waals surface area (Å²) < 4.78 is 5.33. The van der Waals surface area contributed by atoms with E-state index in [0.29, 0.717) is 43.6 Å². The molecule has 2 aromatic rings. The van der Waals surface area contributed by atoms with Crippen molar-refractivity contribution in [1.82, 2.24) is 15.0 Å². The average molecular weight is 330 g/mol. The minimum absolute atomic E-state index is 0.0616. The van der Waals surface area contributed by atoms with Gasteiger partial charge in [0.15, 0.2) is 5.82 Å².